The number of amides is 7. The summed E-state index contributed by atoms with van der Waals surface area (Å²) in [6, 6.07) is 0. The van der Waals surface area contributed by atoms with Crippen LogP contribution in [0.15, 0.2) is 85.1 Å². The van der Waals surface area contributed by atoms with Crippen molar-refractivity contribution in [1.29, 1.82) is 0 Å². The molecule has 21 aliphatic heterocycles. The predicted molar refractivity (Wildman–Crippen MR) is 477 cm³/mol. The van der Waals surface area contributed by atoms with Crippen LogP contribution in [0.1, 0.15) is 0 Å². The molecular formula is C84H126N14O49. The minimum absolute atomic E-state index is 0.266. The van der Waals surface area contributed by atoms with Crippen LogP contribution in [-0.2, 0) is 133 Å². The lowest BCUT2D eigenvalue weighted by atomic mass is 9.94. The number of carboxylic acids is 7. The maximum Gasteiger partial charge on any atom is 0.328 e. The number of aliphatic carboxylic acids is 7. The molecule has 0 aromatic carbocycles. The first kappa shape index (κ1) is 122. The monoisotopic (exact) mass is 2110 g/mol. The SMILES string of the molecule is O=C(O)/C=C\C(=O)NCCNCC1OC2OC3C(CNCCNC(=O)/C=C\C(=O)O)OC(OC4C(CNCCNC(=O)/C=C\C(=O)O)OC(OC5C(CNCCNC(=O)/C=C\C(=O)O)OC(OC6C(CNCCNC(=O)/C=C\C(=O)O)OC(OC7C(CNCCNC(=O)/C=C\C(=O)O)OC(OC8C(CNCCNC(=O)/C=C\C(=O)O)OC(OC1C(O)C2O)C(O)C8O)C(O)C7O)C(O)C6O)C(O)C5O)C(O)C4O)C(O)C3O. The highest BCUT2D eigenvalue weighted by molar-refractivity contribution is 5.97. The third kappa shape index (κ3) is 39.0. The first-order valence-electron chi connectivity index (χ1n) is 45.9. The Labute approximate surface area is 832 Å². The van der Waals surface area contributed by atoms with Gasteiger partial charge in [-0.1, -0.05) is 0 Å². The van der Waals surface area contributed by atoms with E-state index in [-0.39, 0.29) is 91.6 Å². The number of ether oxygens (including phenoxy) is 14. The lowest BCUT2D eigenvalue weighted by Gasteiger charge is -2.50. The Hall–Kier alpha value is -10.6. The van der Waals surface area contributed by atoms with E-state index in [1.54, 1.807) is 0 Å². The Kier molecular flexibility index (Phi) is 50.8. The molecule has 21 saturated heterocycles. The molecule has 826 valence electrons. The number of carbonyl (C=O) groups is 14. The highest BCUT2D eigenvalue weighted by atomic mass is 16.8. The minimum atomic E-state index is -2.44. The number of rotatable bonds is 49. The number of carboxylic acid groups (broad SMARTS) is 7. The van der Waals surface area contributed by atoms with E-state index in [4.69, 9.17) is 102 Å². The first-order chi connectivity index (χ1) is 69.9. The summed E-state index contributed by atoms with van der Waals surface area (Å²) in [5.41, 5.74) is 0. The Morgan fingerprint density at radius 3 is 0.367 bits per heavy atom. The highest BCUT2D eigenvalue weighted by Gasteiger charge is 2.60. The number of hydrogen-bond donors (Lipinski definition) is 35. The van der Waals surface area contributed by atoms with Crippen molar-refractivity contribution in [1.82, 2.24) is 74.4 Å². The van der Waals surface area contributed by atoms with Gasteiger partial charge >= 0.3 is 41.8 Å². The number of hydrogen-bond acceptors (Lipinski definition) is 49. The van der Waals surface area contributed by atoms with Crippen molar-refractivity contribution in [2.75, 3.05) is 137 Å². The van der Waals surface area contributed by atoms with Gasteiger partial charge in [0.15, 0.2) is 44.0 Å². The number of aliphatic hydroxyl groups excluding tert-OH is 14. The van der Waals surface area contributed by atoms with Gasteiger partial charge in [-0.3, -0.25) is 33.6 Å². The molecule has 0 aliphatic carbocycles. The molecule has 21 heterocycles. The molecule has 21 rings (SSSR count). The second-order valence-corrected chi connectivity index (χ2v) is 33.5. The Morgan fingerprint density at radius 1 is 0.156 bits per heavy atom. The topological polar surface area (TPSA) is 961 Å². The molecule has 0 radical (unpaired) electrons. The summed E-state index contributed by atoms with van der Waals surface area (Å²) in [5.74, 6) is -16.7. The van der Waals surface area contributed by atoms with Crippen molar-refractivity contribution in [3.05, 3.63) is 85.1 Å². The molecule has 0 aromatic heterocycles. The molecule has 63 heteroatoms. The Morgan fingerprint density at radius 2 is 0.265 bits per heavy atom. The van der Waals surface area contributed by atoms with Crippen LogP contribution in [0, 0.1) is 0 Å². The van der Waals surface area contributed by atoms with Crippen LogP contribution in [-0.4, -0.2) is 543 Å². The van der Waals surface area contributed by atoms with Crippen molar-refractivity contribution < 1.29 is 241 Å². The summed E-state index contributed by atoms with van der Waals surface area (Å²) in [4.78, 5) is 167. The Balaban J connectivity index is 1.26. The smallest absolute Gasteiger partial charge is 0.328 e. The third-order valence-electron chi connectivity index (χ3n) is 22.8. The zero-order valence-corrected chi connectivity index (χ0v) is 78.0. The molecule has 21 aliphatic rings. The molecule has 147 heavy (non-hydrogen) atoms. The van der Waals surface area contributed by atoms with Crippen molar-refractivity contribution in [3.63, 3.8) is 0 Å². The van der Waals surface area contributed by atoms with Crippen molar-refractivity contribution in [3.8, 4) is 0 Å². The predicted octanol–water partition coefficient (Wildman–Crippen LogP) is -19.8. The molecule has 35 N–H and O–H groups in total. The molecule has 35 unspecified atom stereocenters. The molecule has 0 aromatic rings. The fraction of sp³-hybridized carbons (Fsp3) is 0.667. The molecule has 7 amide bonds. The third-order valence-corrected chi connectivity index (χ3v) is 22.8. The molecule has 0 spiro atoms. The normalized spacial score (nSPS) is 34.5. The summed E-state index contributed by atoms with van der Waals surface area (Å²) in [6.07, 6.45) is -68.1. The zero-order valence-electron chi connectivity index (χ0n) is 78.0. The quantitative estimate of drug-likeness (QED) is 0.0199. The van der Waals surface area contributed by atoms with Gasteiger partial charge in [-0.15, -0.1) is 0 Å². The van der Waals surface area contributed by atoms with Gasteiger partial charge in [0.1, 0.15) is 171 Å². The van der Waals surface area contributed by atoms with Crippen LogP contribution in [0.3, 0.4) is 0 Å². The van der Waals surface area contributed by atoms with Gasteiger partial charge < -0.3 is 248 Å². The summed E-state index contributed by atoms with van der Waals surface area (Å²) < 4.78 is 88.6. The van der Waals surface area contributed by atoms with E-state index in [0.717, 1.165) is 0 Å². The van der Waals surface area contributed by atoms with Gasteiger partial charge in [-0.05, 0) is 0 Å². The lowest BCUT2D eigenvalue weighted by Crippen LogP contribution is -2.69. The molecule has 35 atom stereocenters. The van der Waals surface area contributed by atoms with E-state index in [0.29, 0.717) is 85.1 Å². The van der Waals surface area contributed by atoms with Crippen LogP contribution in [0.5, 0.6) is 0 Å². The van der Waals surface area contributed by atoms with E-state index in [9.17, 15) is 139 Å². The fourth-order valence-corrected chi connectivity index (χ4v) is 15.6. The van der Waals surface area contributed by atoms with Crippen LogP contribution in [0.4, 0.5) is 0 Å². The molecule has 14 bridgehead atoms. The van der Waals surface area contributed by atoms with Crippen LogP contribution < -0.4 is 74.4 Å². The summed E-state index contributed by atoms with van der Waals surface area (Å²) in [6.45, 7) is -8.17. The van der Waals surface area contributed by atoms with E-state index in [2.05, 4.69) is 74.4 Å². The Bertz CT molecular complexity index is 3760. The van der Waals surface area contributed by atoms with Gasteiger partial charge in [0.05, 0.1) is 0 Å². The van der Waals surface area contributed by atoms with Crippen molar-refractivity contribution in [2.24, 2.45) is 0 Å². The maximum absolute atomic E-state index is 12.6. The van der Waals surface area contributed by atoms with Gasteiger partial charge in [-0.25, -0.2) is 33.6 Å². The maximum atomic E-state index is 12.6. The number of carbonyl (C=O) groups excluding carboxylic acids is 7. The molecule has 21 fully saturated rings. The van der Waals surface area contributed by atoms with Gasteiger partial charge in [0, 0.05) is 223 Å². The first-order valence-corrected chi connectivity index (χ1v) is 45.9. The van der Waals surface area contributed by atoms with E-state index in [1.807, 2.05) is 0 Å². The lowest BCUT2D eigenvalue weighted by molar-refractivity contribution is -0.392. The zero-order chi connectivity index (χ0) is 108. The summed E-state index contributed by atoms with van der Waals surface area (Å²) in [5, 5.41) is 275. The van der Waals surface area contributed by atoms with E-state index in [1.165, 1.54) is 0 Å². The van der Waals surface area contributed by atoms with Crippen molar-refractivity contribution in [2.45, 2.75) is 215 Å². The standard InChI is InChI=1S/C84H126N14O49/c99-43(1-8-50(106)107)92-22-15-85-29-36-71-57(120)64(127)78(134-36)142-72-37(30-86-16-23-93-44(100)2-9-51(108)109)136-80(66(129)59(72)122)144-74-39(32-88-18-25-95-46(102)4-11-53(112)113)138-82(68(131)61(74)124)146-76-41(34-90-20-27-97-48(104)6-13-55(116)117)140-84(70(133)63(76)126)147-77-42(35-91-21-28-98-49(105)7-14-56(118)119)139-83(69(132)62(77)125)145-75-40(33-89-19-26-96-47(103)5-12-54(114)115)137-81(67(130)60(75)123)143-73-38(135-79(141-71)65(128)58(73)121)31-87-17-24-94-45(101)3-10-52(110)111/h1-14,36-42,57-91,120-133H,15-35H2,(H,92,99)(H,93,100)(H,94,101)(H,95,102)(H,96,103)(H,97,104)(H,98,105)(H,106,107)(H,108,109)(H,110,111)(H,112,113)(H,114,115)(H,116,117)(H,118,119)/b8-1-,9-2-,10-3-,11-4-,12-5-,13-6-,14-7-. The van der Waals surface area contributed by atoms with Crippen LogP contribution >= 0.6 is 0 Å². The minimum Gasteiger partial charge on any atom is -0.478 e. The van der Waals surface area contributed by atoms with Crippen molar-refractivity contribution >= 4 is 83.1 Å². The molecular weight excluding hydrogens is 1990 g/mol. The number of aliphatic hydroxyl groups is 14. The van der Waals surface area contributed by atoms with Crippen LogP contribution in [0.25, 0.3) is 0 Å². The van der Waals surface area contributed by atoms with Crippen LogP contribution in [0.2, 0.25) is 0 Å². The van der Waals surface area contributed by atoms with Gasteiger partial charge in [0.2, 0.25) is 41.4 Å². The summed E-state index contributed by atoms with van der Waals surface area (Å²) >= 11 is 0. The van der Waals surface area contributed by atoms with E-state index >= 15 is 0 Å². The average Bonchev–Trinajstić information content (AvgIpc) is 1.05. The van der Waals surface area contributed by atoms with E-state index < -0.39 is 344 Å². The fourth-order valence-electron chi connectivity index (χ4n) is 15.6. The largest absolute Gasteiger partial charge is 0.478 e. The second kappa shape index (κ2) is 61.5. The number of nitrogens with one attached hydrogen (secondary N) is 14. The highest BCUT2D eigenvalue weighted by Crippen LogP contribution is 2.40. The van der Waals surface area contributed by atoms with Gasteiger partial charge in [0.25, 0.3) is 0 Å². The van der Waals surface area contributed by atoms with Gasteiger partial charge in [-0.2, -0.15) is 0 Å². The summed E-state index contributed by atoms with van der Waals surface area (Å²) in [7, 11) is 0. The second-order valence-electron chi connectivity index (χ2n) is 33.5. The average molecular weight is 2120 g/mol. The molecule has 0 saturated carbocycles. The molecule has 63 nitrogen and oxygen atoms in total.